The zero-order chi connectivity index (χ0) is 68.5. The number of benzene rings is 12. The van der Waals surface area contributed by atoms with E-state index in [9.17, 15) is 17.5 Å². The van der Waals surface area contributed by atoms with E-state index in [1.165, 1.54) is 0 Å². The molecular weight excluding hydrogens is 1030 g/mol. The quantitative estimate of drug-likeness (QED) is 0.142. The van der Waals surface area contributed by atoms with Crippen molar-refractivity contribution in [1.29, 1.82) is 0 Å². The van der Waals surface area contributed by atoms with Gasteiger partial charge in [-0.15, -0.1) is 0 Å². The van der Waals surface area contributed by atoms with Crippen LogP contribution in [0.5, 0.6) is 0 Å². The van der Waals surface area contributed by atoms with Gasteiger partial charge in [0, 0.05) is 54.6 Å². The summed E-state index contributed by atoms with van der Waals surface area (Å²) in [6.07, 6.45) is 0. The van der Waals surface area contributed by atoms with E-state index >= 15 is 0 Å². The van der Waals surface area contributed by atoms with Gasteiger partial charge in [-0.05, 0) is 94.5 Å². The monoisotopic (exact) mass is 1090 g/mol. The first kappa shape index (κ1) is 34.5. The third-order valence-electron chi connectivity index (χ3n) is 15.6. The number of hydrogen-bond acceptors (Lipinski definition) is 5. The summed E-state index contributed by atoms with van der Waals surface area (Å²) in [5.74, 6) is 0.463. The van der Waals surface area contributed by atoms with Gasteiger partial charge in [-0.1, -0.05) is 200 Å². The van der Waals surface area contributed by atoms with Gasteiger partial charge in [-0.2, -0.15) is 0 Å². The molecule has 0 spiro atoms. The molecule has 0 fully saturated rings. The van der Waals surface area contributed by atoms with Gasteiger partial charge in [0.25, 0.3) is 0 Å². The van der Waals surface area contributed by atoms with E-state index in [-0.39, 0.29) is 73.5 Å². The van der Waals surface area contributed by atoms with Gasteiger partial charge in [-0.25, -0.2) is 19.8 Å². The van der Waals surface area contributed by atoms with Crippen LogP contribution >= 0.6 is 0 Å². The van der Waals surface area contributed by atoms with E-state index in [1.807, 2.05) is 143 Å². The molecule has 0 bridgehead atoms. The highest BCUT2D eigenvalue weighted by Gasteiger charge is 2.32. The Kier molecular flexibility index (Phi) is 7.68. The van der Waals surface area contributed by atoms with Crippen molar-refractivity contribution in [3.05, 3.63) is 278 Å². The van der Waals surface area contributed by atoms with E-state index in [1.54, 1.807) is 42.5 Å². The van der Waals surface area contributed by atoms with Crippen LogP contribution in [-0.4, -0.2) is 24.1 Å². The predicted molar refractivity (Wildman–Crippen MR) is 342 cm³/mol. The Morgan fingerprint density at radius 3 is 1.27 bits per heavy atom. The molecule has 0 amide bonds. The smallest absolute Gasteiger partial charge is 0.197 e. The first-order chi connectivity index (χ1) is 47.8. The zero-order valence-corrected chi connectivity index (χ0v) is 43.7. The molecule has 5 heterocycles. The Bertz CT molecular complexity index is 6370. The first-order valence-electron chi connectivity index (χ1n) is 34.3. The molecule has 0 atom stereocenters. The molecule has 17 aromatic rings. The lowest BCUT2D eigenvalue weighted by Crippen LogP contribution is -2.10. The summed E-state index contributed by atoms with van der Waals surface area (Å²) in [6, 6.07) is 44.1. The molecule has 12 aromatic carbocycles. The fraction of sp³-hybridized carbons (Fsp3) is 0. The van der Waals surface area contributed by atoms with E-state index in [0.29, 0.717) is 87.8 Å². The largest absolute Gasteiger partial charge is 0.455 e. The molecule has 0 saturated carbocycles. The Morgan fingerprint density at radius 2 is 0.786 bits per heavy atom. The van der Waals surface area contributed by atoms with Crippen LogP contribution in [0, 0.1) is 6.57 Å². The Hall–Kier alpha value is -11.7. The van der Waals surface area contributed by atoms with Crippen molar-refractivity contribution in [3.8, 4) is 78.9 Å². The summed E-state index contributed by atoms with van der Waals surface area (Å²) in [7, 11) is 0. The average Bonchev–Trinajstić information content (AvgIpc) is 1.56. The maximum Gasteiger partial charge on any atom is 0.197 e. The molecule has 0 saturated heterocycles. The molecule has 0 unspecified atom stereocenters. The van der Waals surface area contributed by atoms with Crippen LogP contribution in [0.15, 0.2) is 275 Å². The molecule has 0 aliphatic carbocycles. The molecule has 5 aromatic heterocycles. The maximum absolute atomic E-state index is 9.97. The summed E-state index contributed by atoms with van der Waals surface area (Å²) >= 11 is 0. The van der Waals surface area contributed by atoms with Crippen LogP contribution in [0.4, 0.5) is 5.69 Å². The number of furan rings is 2. The second kappa shape index (κ2) is 18.7. The van der Waals surface area contributed by atoms with Crippen molar-refractivity contribution >= 4 is 93.2 Å². The molecule has 0 N–H and O–H groups in total. The third kappa shape index (κ3) is 7.23. The van der Waals surface area contributed by atoms with Gasteiger partial charge < -0.3 is 18.0 Å². The highest BCUT2D eigenvalue weighted by atomic mass is 16.3. The van der Waals surface area contributed by atoms with Gasteiger partial charge in [-0.3, -0.25) is 0 Å². The van der Waals surface area contributed by atoms with Crippen molar-refractivity contribution in [3.63, 3.8) is 0 Å². The number of rotatable bonds is 8. The Balaban J connectivity index is 1.15. The zero-order valence-electron chi connectivity index (χ0n) is 58.7. The molecule has 0 radical (unpaired) electrons. The van der Waals surface area contributed by atoms with E-state index in [2.05, 4.69) is 4.85 Å². The second-order valence-electron chi connectivity index (χ2n) is 20.2. The summed E-state index contributed by atoms with van der Waals surface area (Å²) < 4.78 is 155. The predicted octanol–water partition coefficient (Wildman–Crippen LogP) is 20.4. The molecule has 8 heteroatoms. The van der Waals surface area contributed by atoms with Crippen molar-refractivity contribution in [2.24, 2.45) is 0 Å². The van der Waals surface area contributed by atoms with Crippen molar-refractivity contribution < 1.29 is 29.4 Å². The van der Waals surface area contributed by atoms with Crippen molar-refractivity contribution in [1.82, 2.24) is 24.1 Å². The minimum absolute atomic E-state index is 0.0101. The fourth-order valence-electron chi connectivity index (χ4n) is 12.1. The minimum atomic E-state index is -0.699. The van der Waals surface area contributed by atoms with Crippen molar-refractivity contribution in [2.75, 3.05) is 0 Å². The fourth-order valence-corrected chi connectivity index (χ4v) is 12.1. The minimum Gasteiger partial charge on any atom is -0.455 e. The molecule has 0 aliphatic heterocycles. The summed E-state index contributed by atoms with van der Waals surface area (Å²) in [4.78, 5) is 20.0. The number of aromatic nitrogens is 5. The normalized spacial score (nSPS) is 14.3. The van der Waals surface area contributed by atoms with Gasteiger partial charge in [0.1, 0.15) is 22.3 Å². The summed E-state index contributed by atoms with van der Waals surface area (Å²) in [5.41, 5.74) is 4.43. The SMILES string of the molecule is [2H]c1c([2H])c([2H])c(-c2ccc3c(c2)c2c4oc5ccccc5c4ccc2n3-c2c(-c3nc(-c4ccccc4)nc(-c4ccccc4)n3)cc([N+]#[C-])c(-c3c([2H])c([2H])c([2H])c([2H])c3[2H])c2-n2c3ccc(-c4c([2H])c([2H])c([2H])c([2H])c4[2H])cc3c3c4oc5ccccc5c4ccc32)c([2H])c1[2H]. The van der Waals surface area contributed by atoms with Crippen LogP contribution < -0.4 is 0 Å². The van der Waals surface area contributed by atoms with Gasteiger partial charge in [0.15, 0.2) is 23.2 Å². The molecule has 0 aliphatic rings. The lowest BCUT2D eigenvalue weighted by Gasteiger charge is -2.25. The molecule has 8 nitrogen and oxygen atoms in total. The van der Waals surface area contributed by atoms with Crippen LogP contribution in [0.1, 0.15) is 20.6 Å². The van der Waals surface area contributed by atoms with Crippen LogP contribution in [0.2, 0.25) is 0 Å². The average molecular weight is 1090 g/mol. The number of para-hydroxylation sites is 2. The van der Waals surface area contributed by atoms with E-state index in [0.717, 1.165) is 10.8 Å². The molecule has 17 rings (SSSR count). The van der Waals surface area contributed by atoms with Crippen LogP contribution in [0.25, 0.3) is 171 Å². The van der Waals surface area contributed by atoms with E-state index < -0.39 is 90.6 Å². The number of nitrogens with zero attached hydrogens (tertiary/aromatic N) is 6. The van der Waals surface area contributed by atoms with Gasteiger partial charge >= 0.3 is 0 Å². The topological polar surface area (TPSA) is 79.2 Å². The highest BCUT2D eigenvalue weighted by Crippen LogP contribution is 2.52. The Morgan fingerprint density at radius 1 is 0.357 bits per heavy atom. The standard InChI is InChI=1S/C76H44N6O2/c1-77-60-45-59(76-79-74(49-27-13-5-14-28-49)78-75(80-76)50-29-15-6-16-30-50)70(81-61-39-35-51(46-21-7-2-8-22-46)43-57(61)68-63(81)41-37-55-53-31-17-19-33-65(53)83-72(55)68)71(67(60)48-25-11-4-12-26-48)82-62-40-36-52(47-23-9-3-10-24-47)44-58(62)69-64(82)42-38-56-54-32-18-20-34-66(54)84-73(56)69/h2-45H/i2D,3D,4D,7D,8D,9D,10D,11D,12D,21D,22D,23D,24D,25D,26D. The number of fused-ring (bicyclic) bond motifs is 14. The van der Waals surface area contributed by atoms with Crippen molar-refractivity contribution in [2.45, 2.75) is 0 Å². The summed E-state index contributed by atoms with van der Waals surface area (Å²) in [6.45, 7) is 9.43. The molecule has 84 heavy (non-hydrogen) atoms. The first-order valence-corrected chi connectivity index (χ1v) is 26.8. The second-order valence-corrected chi connectivity index (χ2v) is 20.2. The van der Waals surface area contributed by atoms with E-state index in [4.69, 9.17) is 33.4 Å². The van der Waals surface area contributed by atoms with Gasteiger partial charge in [0.2, 0.25) is 0 Å². The Labute approximate surface area is 501 Å². The molecular formula is C76H44N6O2. The lowest BCUT2D eigenvalue weighted by atomic mass is 9.95. The third-order valence-corrected chi connectivity index (χ3v) is 15.6. The highest BCUT2D eigenvalue weighted by molar-refractivity contribution is 6.27. The van der Waals surface area contributed by atoms with Crippen LogP contribution in [-0.2, 0) is 0 Å². The lowest BCUT2D eigenvalue weighted by molar-refractivity contribution is 0.672. The van der Waals surface area contributed by atoms with Crippen LogP contribution in [0.3, 0.4) is 0 Å². The number of hydrogen-bond donors (Lipinski definition) is 0. The summed E-state index contributed by atoms with van der Waals surface area (Å²) in [5, 5.41) is 4.63. The maximum atomic E-state index is 9.97. The molecule has 390 valence electrons. The van der Waals surface area contributed by atoms with Gasteiger partial charge in [0.05, 0.1) is 71.3 Å².